The highest BCUT2D eigenvalue weighted by molar-refractivity contribution is 5.74. The Morgan fingerprint density at radius 3 is 2.40 bits per heavy atom. The van der Waals surface area contributed by atoms with Crippen LogP contribution in [0.1, 0.15) is 18.7 Å². The Kier molecular flexibility index (Phi) is 2.36. The van der Waals surface area contributed by atoms with Crippen molar-refractivity contribution in [2.24, 2.45) is 5.92 Å². The lowest BCUT2D eigenvalue weighted by atomic mass is 10.4. The molecule has 1 aromatic heterocycles. The van der Waals surface area contributed by atoms with Gasteiger partial charge in [0.05, 0.1) is 5.92 Å². The van der Waals surface area contributed by atoms with E-state index in [-0.39, 0.29) is 36.2 Å². The van der Waals surface area contributed by atoms with Crippen LogP contribution in [0, 0.1) is 5.92 Å². The van der Waals surface area contributed by atoms with E-state index in [1.54, 1.807) is 0 Å². The van der Waals surface area contributed by atoms with Gasteiger partial charge in [-0.2, -0.15) is 15.0 Å². The topological polar surface area (TPSA) is 117 Å². The second-order valence-corrected chi connectivity index (χ2v) is 3.35. The predicted octanol–water partition coefficient (Wildman–Crippen LogP) is -0.511. The molecule has 0 aromatic carbocycles. The van der Waals surface area contributed by atoms with E-state index in [2.05, 4.69) is 15.0 Å². The van der Waals surface area contributed by atoms with Crippen molar-refractivity contribution in [2.45, 2.75) is 19.4 Å². The molecular weight excluding hydrogens is 198 g/mol. The summed E-state index contributed by atoms with van der Waals surface area (Å²) >= 11 is 0. The number of carbonyl (C=O) groups excluding carboxylic acids is 1. The Morgan fingerprint density at radius 2 is 1.87 bits per heavy atom. The zero-order valence-corrected chi connectivity index (χ0v) is 8.01. The number of nitrogens with two attached hydrogens (primary N) is 2. The molecular formula is C8H11N5O2. The molecule has 0 radical (unpaired) electrons. The van der Waals surface area contributed by atoms with Crippen LogP contribution in [-0.2, 0) is 16.1 Å². The van der Waals surface area contributed by atoms with E-state index in [4.69, 9.17) is 16.2 Å². The zero-order chi connectivity index (χ0) is 10.8. The highest BCUT2D eigenvalue weighted by Gasteiger charge is 2.31. The van der Waals surface area contributed by atoms with Crippen LogP contribution in [0.5, 0.6) is 0 Å². The minimum atomic E-state index is -0.215. The molecule has 1 saturated carbocycles. The fourth-order valence-corrected chi connectivity index (χ4v) is 1.09. The number of rotatable bonds is 3. The van der Waals surface area contributed by atoms with Crippen molar-refractivity contribution in [1.82, 2.24) is 15.0 Å². The van der Waals surface area contributed by atoms with Crippen LogP contribution < -0.4 is 11.5 Å². The fourth-order valence-electron chi connectivity index (χ4n) is 1.09. The van der Waals surface area contributed by atoms with Gasteiger partial charge in [0.25, 0.3) is 0 Å². The SMILES string of the molecule is Nc1nc(N)nc(COC(=O)C2CC2)n1. The maximum absolute atomic E-state index is 11.2. The minimum Gasteiger partial charge on any atom is -0.457 e. The molecule has 80 valence electrons. The van der Waals surface area contributed by atoms with Gasteiger partial charge in [0, 0.05) is 0 Å². The van der Waals surface area contributed by atoms with E-state index in [0.717, 1.165) is 12.8 Å². The second-order valence-electron chi connectivity index (χ2n) is 3.35. The van der Waals surface area contributed by atoms with Gasteiger partial charge in [0.2, 0.25) is 11.9 Å². The largest absolute Gasteiger partial charge is 0.457 e. The lowest BCUT2D eigenvalue weighted by Crippen LogP contribution is -2.11. The van der Waals surface area contributed by atoms with Crippen LogP contribution in [0.2, 0.25) is 0 Å². The standard InChI is InChI=1S/C8H11N5O2/c9-7-11-5(12-8(10)13-7)3-15-6(14)4-1-2-4/h4H,1-3H2,(H4,9,10,11,12,13). The Bertz CT molecular complexity index is 370. The molecule has 7 heteroatoms. The molecule has 0 unspecified atom stereocenters. The molecule has 1 fully saturated rings. The van der Waals surface area contributed by atoms with Crippen LogP contribution in [-0.4, -0.2) is 20.9 Å². The third-order valence-corrected chi connectivity index (χ3v) is 1.97. The van der Waals surface area contributed by atoms with E-state index < -0.39 is 0 Å². The third kappa shape index (κ3) is 2.52. The first-order valence-electron chi connectivity index (χ1n) is 4.57. The molecule has 15 heavy (non-hydrogen) atoms. The zero-order valence-electron chi connectivity index (χ0n) is 8.01. The molecule has 0 aliphatic heterocycles. The molecule has 0 atom stereocenters. The maximum atomic E-state index is 11.2. The average molecular weight is 209 g/mol. The smallest absolute Gasteiger partial charge is 0.309 e. The third-order valence-electron chi connectivity index (χ3n) is 1.97. The van der Waals surface area contributed by atoms with Crippen LogP contribution in [0.15, 0.2) is 0 Å². The normalized spacial score (nSPS) is 14.9. The highest BCUT2D eigenvalue weighted by Crippen LogP contribution is 2.30. The summed E-state index contributed by atoms with van der Waals surface area (Å²) in [4.78, 5) is 22.4. The molecule has 1 aromatic rings. The average Bonchev–Trinajstić information content (AvgIpc) is 2.95. The summed E-state index contributed by atoms with van der Waals surface area (Å²) in [6, 6.07) is 0. The van der Waals surface area contributed by atoms with Crippen LogP contribution in [0.4, 0.5) is 11.9 Å². The van der Waals surface area contributed by atoms with Gasteiger partial charge < -0.3 is 16.2 Å². The maximum Gasteiger partial charge on any atom is 0.309 e. The minimum absolute atomic E-state index is 0.00769. The number of hydrogen-bond donors (Lipinski definition) is 2. The van der Waals surface area contributed by atoms with E-state index in [1.807, 2.05) is 0 Å². The van der Waals surface area contributed by atoms with Gasteiger partial charge in [-0.25, -0.2) is 0 Å². The Labute approximate surface area is 85.9 Å². The van der Waals surface area contributed by atoms with Crippen LogP contribution >= 0.6 is 0 Å². The summed E-state index contributed by atoms with van der Waals surface area (Å²) in [5.74, 6) is 0.169. The van der Waals surface area contributed by atoms with E-state index in [0.29, 0.717) is 0 Å². The van der Waals surface area contributed by atoms with Gasteiger partial charge in [-0.05, 0) is 12.8 Å². The summed E-state index contributed by atoms with van der Waals surface area (Å²) in [6.45, 7) is -0.00769. The second kappa shape index (κ2) is 3.68. The quantitative estimate of drug-likeness (QED) is 0.643. The van der Waals surface area contributed by atoms with Crippen molar-refractivity contribution >= 4 is 17.9 Å². The lowest BCUT2D eigenvalue weighted by Gasteiger charge is -2.03. The van der Waals surface area contributed by atoms with Crippen molar-refractivity contribution < 1.29 is 9.53 Å². The number of esters is 1. The molecule has 2 rings (SSSR count). The summed E-state index contributed by atoms with van der Waals surface area (Å²) in [5, 5.41) is 0. The number of nitrogens with zero attached hydrogens (tertiary/aromatic N) is 3. The van der Waals surface area contributed by atoms with Crippen molar-refractivity contribution in [1.29, 1.82) is 0 Å². The van der Waals surface area contributed by atoms with Gasteiger partial charge >= 0.3 is 5.97 Å². The highest BCUT2D eigenvalue weighted by atomic mass is 16.5. The first kappa shape index (κ1) is 9.63. The Morgan fingerprint density at radius 1 is 1.27 bits per heavy atom. The molecule has 0 bridgehead atoms. The van der Waals surface area contributed by atoms with E-state index >= 15 is 0 Å². The monoisotopic (exact) mass is 209 g/mol. The van der Waals surface area contributed by atoms with Crippen LogP contribution in [0.25, 0.3) is 0 Å². The molecule has 1 aliphatic carbocycles. The van der Waals surface area contributed by atoms with Gasteiger partial charge in [-0.1, -0.05) is 0 Å². The molecule has 0 spiro atoms. The summed E-state index contributed by atoms with van der Waals surface area (Å²) in [7, 11) is 0. The van der Waals surface area contributed by atoms with Gasteiger partial charge in [-0.15, -0.1) is 0 Å². The molecule has 1 aliphatic rings. The van der Waals surface area contributed by atoms with Crippen molar-refractivity contribution in [2.75, 3.05) is 11.5 Å². The first-order valence-corrected chi connectivity index (χ1v) is 4.57. The van der Waals surface area contributed by atoms with Crippen molar-refractivity contribution in [3.63, 3.8) is 0 Å². The number of aromatic nitrogens is 3. The Balaban J connectivity index is 1.94. The lowest BCUT2D eigenvalue weighted by molar-refractivity contribution is -0.146. The molecule has 1 heterocycles. The number of carbonyl (C=O) groups is 1. The number of ether oxygens (including phenoxy) is 1. The van der Waals surface area contributed by atoms with Gasteiger partial charge in [0.1, 0.15) is 0 Å². The van der Waals surface area contributed by atoms with Gasteiger partial charge in [0.15, 0.2) is 12.4 Å². The number of hydrogen-bond acceptors (Lipinski definition) is 7. The molecule has 0 saturated heterocycles. The molecule has 4 N–H and O–H groups in total. The number of nitrogen functional groups attached to an aromatic ring is 2. The van der Waals surface area contributed by atoms with Crippen molar-refractivity contribution in [3.05, 3.63) is 5.82 Å². The Hall–Kier alpha value is -1.92. The van der Waals surface area contributed by atoms with Crippen LogP contribution in [0.3, 0.4) is 0 Å². The first-order chi connectivity index (χ1) is 7.15. The predicted molar refractivity (Wildman–Crippen MR) is 51.2 cm³/mol. The molecule has 0 amide bonds. The van der Waals surface area contributed by atoms with Gasteiger partial charge in [-0.3, -0.25) is 4.79 Å². The van der Waals surface area contributed by atoms with Crippen molar-refractivity contribution in [3.8, 4) is 0 Å². The fraction of sp³-hybridized carbons (Fsp3) is 0.500. The molecule has 7 nitrogen and oxygen atoms in total. The summed E-state index contributed by atoms with van der Waals surface area (Å²) in [5.41, 5.74) is 10.7. The van der Waals surface area contributed by atoms with E-state index in [9.17, 15) is 4.79 Å². The summed E-state index contributed by atoms with van der Waals surface area (Å²) < 4.78 is 4.96. The van der Waals surface area contributed by atoms with E-state index in [1.165, 1.54) is 0 Å². The summed E-state index contributed by atoms with van der Waals surface area (Å²) in [6.07, 6.45) is 1.81. The number of anilines is 2.